The first kappa shape index (κ1) is 16.2. The van der Waals surface area contributed by atoms with E-state index in [4.69, 9.17) is 0 Å². The average Bonchev–Trinajstić information content (AvgIpc) is 2.68. The topological polar surface area (TPSA) is 80.8 Å². The minimum atomic E-state index is -3.88. The lowest BCUT2D eigenvalue weighted by atomic mass is 10.0. The van der Waals surface area contributed by atoms with Gasteiger partial charge in [-0.2, -0.15) is 0 Å². The molecular formula is C15H17NO5S. The van der Waals surface area contributed by atoms with Crippen LogP contribution < -0.4 is 0 Å². The van der Waals surface area contributed by atoms with E-state index in [1.165, 1.54) is 43.5 Å². The molecule has 1 aliphatic heterocycles. The van der Waals surface area contributed by atoms with Crippen LogP contribution in [0.25, 0.3) is 0 Å². The second-order valence-corrected chi connectivity index (χ2v) is 7.13. The van der Waals surface area contributed by atoms with Crippen molar-refractivity contribution in [2.75, 3.05) is 14.2 Å². The minimum Gasteiger partial charge on any atom is -0.469 e. The fraction of sp³-hybridized carbons (Fsp3) is 0.333. The van der Waals surface area contributed by atoms with Crippen molar-refractivity contribution in [1.29, 1.82) is 0 Å². The highest BCUT2D eigenvalue weighted by Gasteiger charge is 2.40. The average molecular weight is 323 g/mol. The summed E-state index contributed by atoms with van der Waals surface area (Å²) in [6.07, 6.45) is 2.76. The van der Waals surface area contributed by atoms with Crippen LogP contribution in [0.2, 0.25) is 0 Å². The van der Waals surface area contributed by atoms with Crippen LogP contribution in [0, 0.1) is 5.92 Å². The lowest BCUT2D eigenvalue weighted by Gasteiger charge is -2.20. The van der Waals surface area contributed by atoms with Crippen molar-refractivity contribution >= 4 is 21.7 Å². The number of methoxy groups -OCH3 is 1. The Hall–Kier alpha value is -2.15. The predicted molar refractivity (Wildman–Crippen MR) is 79.4 cm³/mol. The number of benzene rings is 1. The molecule has 2 rings (SSSR count). The molecule has 0 saturated carbocycles. The Labute approximate surface area is 129 Å². The molecule has 7 heteroatoms. The lowest BCUT2D eigenvalue weighted by molar-refractivity contribution is -0.143. The first-order valence-electron chi connectivity index (χ1n) is 6.69. The maximum atomic E-state index is 12.7. The molecule has 1 aromatic rings. The van der Waals surface area contributed by atoms with Gasteiger partial charge in [0.2, 0.25) is 5.91 Å². The standard InChI is InChI=1S/C15H17NO5S/c1-16-9-8-11(15(18)21-2)10-13(14(16)17)22(19,20)12-6-4-3-5-7-12/h3-9,11,13H,10H2,1-2H3. The van der Waals surface area contributed by atoms with E-state index < -0.39 is 32.9 Å². The van der Waals surface area contributed by atoms with Crippen molar-refractivity contribution in [3.63, 3.8) is 0 Å². The summed E-state index contributed by atoms with van der Waals surface area (Å²) in [4.78, 5) is 25.4. The molecule has 0 saturated heterocycles. The highest BCUT2D eigenvalue weighted by molar-refractivity contribution is 7.92. The number of rotatable bonds is 3. The summed E-state index contributed by atoms with van der Waals surface area (Å²) >= 11 is 0. The molecule has 0 bridgehead atoms. The van der Waals surface area contributed by atoms with Gasteiger partial charge in [-0.3, -0.25) is 9.59 Å². The molecule has 1 aromatic carbocycles. The third kappa shape index (κ3) is 3.04. The van der Waals surface area contributed by atoms with E-state index in [9.17, 15) is 18.0 Å². The number of esters is 1. The molecule has 0 aromatic heterocycles. The van der Waals surface area contributed by atoms with Gasteiger partial charge in [0.05, 0.1) is 17.9 Å². The molecule has 22 heavy (non-hydrogen) atoms. The van der Waals surface area contributed by atoms with E-state index in [-0.39, 0.29) is 11.3 Å². The number of nitrogens with zero attached hydrogens (tertiary/aromatic N) is 1. The van der Waals surface area contributed by atoms with E-state index >= 15 is 0 Å². The number of ether oxygens (including phenoxy) is 1. The Kier molecular flexibility index (Phi) is 4.65. The molecule has 0 radical (unpaired) electrons. The molecule has 0 fully saturated rings. The SMILES string of the molecule is COC(=O)C1C=CN(C)C(=O)C(S(=O)(=O)c2ccccc2)C1. The molecule has 0 aliphatic carbocycles. The van der Waals surface area contributed by atoms with E-state index in [0.29, 0.717) is 0 Å². The minimum absolute atomic E-state index is 0.0623. The van der Waals surface area contributed by atoms with Crippen molar-refractivity contribution in [2.45, 2.75) is 16.6 Å². The molecule has 118 valence electrons. The number of carbonyl (C=O) groups is 2. The molecule has 0 spiro atoms. The zero-order chi connectivity index (χ0) is 16.3. The van der Waals surface area contributed by atoms with Gasteiger partial charge in [0.1, 0.15) is 5.25 Å². The smallest absolute Gasteiger partial charge is 0.312 e. The molecule has 1 aliphatic rings. The van der Waals surface area contributed by atoms with Crippen LogP contribution >= 0.6 is 0 Å². The zero-order valence-corrected chi connectivity index (χ0v) is 13.1. The highest BCUT2D eigenvalue weighted by atomic mass is 32.2. The Morgan fingerprint density at radius 2 is 1.91 bits per heavy atom. The summed E-state index contributed by atoms with van der Waals surface area (Å²) < 4.78 is 30.1. The third-order valence-electron chi connectivity index (χ3n) is 3.58. The fourth-order valence-electron chi connectivity index (χ4n) is 2.30. The Morgan fingerprint density at radius 1 is 1.27 bits per heavy atom. The second kappa shape index (κ2) is 6.31. The van der Waals surface area contributed by atoms with Crippen molar-refractivity contribution in [3.8, 4) is 0 Å². The van der Waals surface area contributed by atoms with Gasteiger partial charge in [0, 0.05) is 13.2 Å². The normalized spacial score (nSPS) is 22.3. The summed E-state index contributed by atoms with van der Waals surface area (Å²) in [5.41, 5.74) is 0. The van der Waals surface area contributed by atoms with Crippen molar-refractivity contribution in [3.05, 3.63) is 42.6 Å². The number of amides is 1. The van der Waals surface area contributed by atoms with E-state index in [1.807, 2.05) is 0 Å². The summed E-state index contributed by atoms with van der Waals surface area (Å²) in [5.74, 6) is -1.90. The maximum absolute atomic E-state index is 12.7. The van der Waals surface area contributed by atoms with Gasteiger partial charge in [-0.15, -0.1) is 0 Å². The number of hydrogen-bond donors (Lipinski definition) is 0. The van der Waals surface area contributed by atoms with Gasteiger partial charge < -0.3 is 9.64 Å². The molecular weight excluding hydrogens is 306 g/mol. The summed E-state index contributed by atoms with van der Waals surface area (Å²) in [7, 11) is -1.19. The van der Waals surface area contributed by atoms with E-state index in [1.54, 1.807) is 18.2 Å². The number of carbonyl (C=O) groups excluding carboxylic acids is 2. The van der Waals surface area contributed by atoms with Crippen LogP contribution in [0.3, 0.4) is 0 Å². The molecule has 6 nitrogen and oxygen atoms in total. The van der Waals surface area contributed by atoms with Crippen LogP contribution in [0.4, 0.5) is 0 Å². The summed E-state index contributed by atoms with van der Waals surface area (Å²) in [5, 5.41) is -1.32. The van der Waals surface area contributed by atoms with Crippen LogP contribution in [0.5, 0.6) is 0 Å². The van der Waals surface area contributed by atoms with Crippen molar-refractivity contribution in [2.24, 2.45) is 5.92 Å². The molecule has 2 atom stereocenters. The van der Waals surface area contributed by atoms with E-state index in [0.717, 1.165) is 0 Å². The van der Waals surface area contributed by atoms with Gasteiger partial charge >= 0.3 is 5.97 Å². The first-order valence-corrected chi connectivity index (χ1v) is 8.24. The molecule has 1 amide bonds. The van der Waals surface area contributed by atoms with Crippen LogP contribution in [-0.2, 0) is 24.2 Å². The van der Waals surface area contributed by atoms with Crippen molar-refractivity contribution < 1.29 is 22.7 Å². The van der Waals surface area contributed by atoms with Crippen LogP contribution in [-0.4, -0.2) is 44.6 Å². The Morgan fingerprint density at radius 3 is 2.50 bits per heavy atom. The molecule has 2 unspecified atom stereocenters. The number of hydrogen-bond acceptors (Lipinski definition) is 5. The highest BCUT2D eigenvalue weighted by Crippen LogP contribution is 2.26. The van der Waals surface area contributed by atoms with Gasteiger partial charge in [-0.25, -0.2) is 8.42 Å². The first-order chi connectivity index (χ1) is 10.4. The predicted octanol–water partition coefficient (Wildman–Crippen LogP) is 0.994. The van der Waals surface area contributed by atoms with Gasteiger partial charge in [0.25, 0.3) is 0 Å². The quantitative estimate of drug-likeness (QED) is 0.775. The maximum Gasteiger partial charge on any atom is 0.312 e. The monoisotopic (exact) mass is 323 g/mol. The van der Waals surface area contributed by atoms with E-state index in [2.05, 4.69) is 4.74 Å². The van der Waals surface area contributed by atoms with Crippen molar-refractivity contribution in [1.82, 2.24) is 4.90 Å². The lowest BCUT2D eigenvalue weighted by Crippen LogP contribution is -2.39. The molecule has 1 heterocycles. The Bertz CT molecular complexity index is 696. The third-order valence-corrected chi connectivity index (χ3v) is 5.66. The van der Waals surface area contributed by atoms with Gasteiger partial charge in [0.15, 0.2) is 9.84 Å². The van der Waals surface area contributed by atoms with Crippen LogP contribution in [0.15, 0.2) is 47.5 Å². The summed E-state index contributed by atoms with van der Waals surface area (Å²) in [6.45, 7) is 0. The largest absolute Gasteiger partial charge is 0.469 e. The summed E-state index contributed by atoms with van der Waals surface area (Å²) in [6, 6.07) is 7.75. The van der Waals surface area contributed by atoms with Gasteiger partial charge in [-0.05, 0) is 18.6 Å². The molecule has 0 N–H and O–H groups in total. The van der Waals surface area contributed by atoms with Crippen LogP contribution in [0.1, 0.15) is 6.42 Å². The fourth-order valence-corrected chi connectivity index (χ4v) is 4.06. The Balaban J connectivity index is 2.43. The van der Waals surface area contributed by atoms with Gasteiger partial charge in [-0.1, -0.05) is 24.3 Å². The number of sulfone groups is 1. The zero-order valence-electron chi connectivity index (χ0n) is 12.3. The second-order valence-electron chi connectivity index (χ2n) is 5.00.